The minimum absolute atomic E-state index is 0. The van der Waals surface area contributed by atoms with Crippen molar-refractivity contribution in [2.45, 2.75) is 51.6 Å². The first-order valence-electron chi connectivity index (χ1n) is 9.75. The van der Waals surface area contributed by atoms with Gasteiger partial charge in [-0.1, -0.05) is 49.6 Å². The van der Waals surface area contributed by atoms with Crippen LogP contribution in [0.25, 0.3) is 0 Å². The van der Waals surface area contributed by atoms with E-state index >= 15 is 0 Å². The number of halogens is 1. The Hall–Kier alpha value is -0.660. The summed E-state index contributed by atoms with van der Waals surface area (Å²) in [6.45, 7) is 7.41. The molecule has 148 valence electrons. The van der Waals surface area contributed by atoms with Crippen LogP contribution in [0.4, 0.5) is 0 Å². The smallest absolute Gasteiger partial charge is 0.343 e. The normalized spacial score (nSPS) is 17.8. The van der Waals surface area contributed by atoms with Crippen LogP contribution in [0.15, 0.2) is 30.3 Å². The predicted molar refractivity (Wildman–Crippen MR) is 100 cm³/mol. The summed E-state index contributed by atoms with van der Waals surface area (Å²) >= 11 is 0. The lowest BCUT2D eigenvalue weighted by atomic mass is 9.73. The highest BCUT2D eigenvalue weighted by Gasteiger charge is 2.47. The van der Waals surface area contributed by atoms with E-state index in [1.165, 1.54) is 6.42 Å². The largest absolute Gasteiger partial charge is 1.00 e. The van der Waals surface area contributed by atoms with Gasteiger partial charge in [-0.25, -0.2) is 4.79 Å². The van der Waals surface area contributed by atoms with Gasteiger partial charge in [0.25, 0.3) is 0 Å². The van der Waals surface area contributed by atoms with E-state index < -0.39 is 11.6 Å². The molecule has 1 aromatic rings. The molecule has 0 aliphatic heterocycles. The lowest BCUT2D eigenvalue weighted by Crippen LogP contribution is -3.00. The fourth-order valence-electron chi connectivity index (χ4n) is 3.74. The van der Waals surface area contributed by atoms with Gasteiger partial charge in [0.1, 0.15) is 13.2 Å². The number of ether oxygens (including phenoxy) is 1. The summed E-state index contributed by atoms with van der Waals surface area (Å²) < 4.78 is 6.47. The molecule has 1 aromatic carbocycles. The van der Waals surface area contributed by atoms with Crippen LogP contribution >= 0.6 is 0 Å². The van der Waals surface area contributed by atoms with Crippen LogP contribution in [0.3, 0.4) is 0 Å². The van der Waals surface area contributed by atoms with Crippen LogP contribution in [0.5, 0.6) is 0 Å². The number of quaternary nitrogens is 1. The Balaban J connectivity index is 0.00000338. The average molecular weight is 474 g/mol. The molecule has 1 N–H and O–H groups in total. The van der Waals surface area contributed by atoms with Crippen LogP contribution in [0, 0.1) is 5.92 Å². The van der Waals surface area contributed by atoms with Crippen molar-refractivity contribution in [3.05, 3.63) is 35.9 Å². The molecular formula is C21H34INO3. The van der Waals surface area contributed by atoms with Crippen molar-refractivity contribution < 1.29 is 43.1 Å². The molecule has 5 heteroatoms. The fourth-order valence-corrected chi connectivity index (χ4v) is 3.74. The van der Waals surface area contributed by atoms with Crippen molar-refractivity contribution >= 4 is 5.97 Å². The first-order valence-corrected chi connectivity index (χ1v) is 9.75. The highest BCUT2D eigenvalue weighted by molar-refractivity contribution is 5.81. The Kier molecular flexibility index (Phi) is 9.55. The third-order valence-electron chi connectivity index (χ3n) is 6.11. The second kappa shape index (κ2) is 10.6. The lowest BCUT2D eigenvalue weighted by molar-refractivity contribution is -0.906. The Morgan fingerprint density at radius 2 is 1.73 bits per heavy atom. The first-order chi connectivity index (χ1) is 12.0. The number of likely N-dealkylation sites (N-methyl/N-ethyl adjacent to an activating group) is 1. The molecule has 1 fully saturated rings. The second-order valence-electron chi connectivity index (χ2n) is 7.58. The number of hydrogen-bond acceptors (Lipinski definition) is 3. The van der Waals surface area contributed by atoms with Gasteiger partial charge < -0.3 is 38.3 Å². The number of esters is 1. The molecule has 0 spiro atoms. The molecule has 26 heavy (non-hydrogen) atoms. The van der Waals surface area contributed by atoms with Gasteiger partial charge in [-0.3, -0.25) is 0 Å². The van der Waals surface area contributed by atoms with Crippen LogP contribution in [-0.4, -0.2) is 48.8 Å². The minimum Gasteiger partial charge on any atom is -1.00 e. The summed E-state index contributed by atoms with van der Waals surface area (Å²) in [5.74, 6) is -0.543. The van der Waals surface area contributed by atoms with Crippen molar-refractivity contribution in [1.82, 2.24) is 0 Å². The van der Waals surface area contributed by atoms with Gasteiger partial charge in [-0.15, -0.1) is 0 Å². The monoisotopic (exact) mass is 474 g/mol. The van der Waals surface area contributed by atoms with Crippen molar-refractivity contribution in [3.63, 3.8) is 0 Å². The van der Waals surface area contributed by atoms with E-state index in [4.69, 9.17) is 4.74 Å². The molecule has 1 aliphatic rings. The van der Waals surface area contributed by atoms with E-state index in [1.54, 1.807) is 0 Å². The second-order valence-corrected chi connectivity index (χ2v) is 7.58. The summed E-state index contributed by atoms with van der Waals surface area (Å²) in [5.41, 5.74) is -0.862. The number of aliphatic hydroxyl groups is 1. The highest BCUT2D eigenvalue weighted by atomic mass is 127. The number of hydrogen-bond donors (Lipinski definition) is 1. The highest BCUT2D eigenvalue weighted by Crippen LogP contribution is 2.40. The van der Waals surface area contributed by atoms with Gasteiger partial charge in [-0.05, 0) is 32.3 Å². The quantitative estimate of drug-likeness (QED) is 0.339. The van der Waals surface area contributed by atoms with Gasteiger partial charge in [0.05, 0.1) is 20.1 Å². The number of carbonyl (C=O) groups excluding carboxylic acids is 1. The molecular weight excluding hydrogens is 440 g/mol. The minimum atomic E-state index is -1.52. The topological polar surface area (TPSA) is 46.5 Å². The molecule has 0 saturated heterocycles. The zero-order valence-corrected chi connectivity index (χ0v) is 18.6. The maximum atomic E-state index is 12.9. The molecule has 0 aromatic heterocycles. The summed E-state index contributed by atoms with van der Waals surface area (Å²) in [6.07, 6.45) is 5.05. The SMILES string of the molecule is CC[N+]([11CH3])(CC)CCOC(=O)C(O)(c1ccccc1)C1CCCCC1.[I-]. The standard InChI is InChI=1S/C21H34NO3.HI/c1-4-22(3,5-2)16-17-25-20(23)21(24,18-12-8-6-9-13-18)19-14-10-7-11-15-19;/h6,8-9,12-13,19,24H,4-5,7,10-11,14-17H2,1-3H3;1H/q+1;/p-1/i3-1;. The molecule has 1 unspecified atom stereocenters. The zero-order chi connectivity index (χ0) is 18.3. The van der Waals surface area contributed by atoms with E-state index in [2.05, 4.69) is 20.9 Å². The van der Waals surface area contributed by atoms with E-state index in [0.717, 1.165) is 49.8 Å². The summed E-state index contributed by atoms with van der Waals surface area (Å²) in [7, 11) is 2.17. The van der Waals surface area contributed by atoms with E-state index in [1.807, 2.05) is 30.3 Å². The zero-order valence-electron chi connectivity index (χ0n) is 16.4. The van der Waals surface area contributed by atoms with Crippen LogP contribution in [-0.2, 0) is 15.1 Å². The van der Waals surface area contributed by atoms with Crippen molar-refractivity contribution in [3.8, 4) is 0 Å². The molecule has 1 aliphatic carbocycles. The fraction of sp³-hybridized carbons (Fsp3) is 0.667. The Morgan fingerprint density at radius 1 is 1.15 bits per heavy atom. The van der Waals surface area contributed by atoms with Crippen LogP contribution < -0.4 is 24.0 Å². The average Bonchev–Trinajstić information content (AvgIpc) is 2.68. The van der Waals surface area contributed by atoms with Gasteiger partial charge in [-0.2, -0.15) is 0 Å². The third kappa shape index (κ3) is 5.42. The summed E-state index contributed by atoms with van der Waals surface area (Å²) in [4.78, 5) is 12.9. The van der Waals surface area contributed by atoms with Crippen molar-refractivity contribution in [1.29, 1.82) is 0 Å². The number of rotatable bonds is 8. The Bertz CT molecular complexity index is 541. The van der Waals surface area contributed by atoms with Gasteiger partial charge >= 0.3 is 5.97 Å². The number of nitrogens with zero attached hydrogens (tertiary/aromatic N) is 1. The number of carbonyl (C=O) groups is 1. The van der Waals surface area contributed by atoms with E-state index in [9.17, 15) is 9.90 Å². The Morgan fingerprint density at radius 3 is 2.27 bits per heavy atom. The summed E-state index contributed by atoms with van der Waals surface area (Å²) in [6, 6.07) is 9.33. The first kappa shape index (κ1) is 23.4. The van der Waals surface area contributed by atoms with Gasteiger partial charge in [0, 0.05) is 5.92 Å². The molecule has 0 radical (unpaired) electrons. The molecule has 1 saturated carbocycles. The van der Waals surface area contributed by atoms with Crippen molar-refractivity contribution in [2.75, 3.05) is 33.3 Å². The maximum absolute atomic E-state index is 12.9. The molecule has 2 rings (SSSR count). The van der Waals surface area contributed by atoms with E-state index in [-0.39, 0.29) is 29.9 Å². The van der Waals surface area contributed by atoms with E-state index in [0.29, 0.717) is 12.2 Å². The summed E-state index contributed by atoms with van der Waals surface area (Å²) in [5, 5.41) is 11.4. The molecule has 1 atom stereocenters. The van der Waals surface area contributed by atoms with Crippen molar-refractivity contribution in [2.24, 2.45) is 5.92 Å². The molecule has 4 nitrogen and oxygen atoms in total. The maximum Gasteiger partial charge on any atom is 0.343 e. The van der Waals surface area contributed by atoms with Gasteiger partial charge in [0.15, 0.2) is 5.60 Å². The predicted octanol–water partition coefficient (Wildman–Crippen LogP) is 0.488. The van der Waals surface area contributed by atoms with Crippen LogP contribution in [0.1, 0.15) is 51.5 Å². The number of benzene rings is 1. The molecule has 0 bridgehead atoms. The lowest BCUT2D eigenvalue weighted by Gasteiger charge is -2.37. The van der Waals surface area contributed by atoms with Crippen LogP contribution in [0.2, 0.25) is 0 Å². The Labute approximate surface area is 175 Å². The molecule has 0 amide bonds. The third-order valence-corrected chi connectivity index (χ3v) is 6.11. The van der Waals surface area contributed by atoms with Gasteiger partial charge in [0.2, 0.25) is 0 Å². The molecule has 0 heterocycles.